The number of nitrogens with one attached hydrogen (secondary N) is 1. The number of nitrogens with zero attached hydrogens (tertiary/aromatic N) is 1. The quantitative estimate of drug-likeness (QED) is 0.752. The summed E-state index contributed by atoms with van der Waals surface area (Å²) in [6.07, 6.45) is 1.50. The second kappa shape index (κ2) is 6.45. The number of hydrogen-bond acceptors (Lipinski definition) is 6. The van der Waals surface area contributed by atoms with E-state index in [0.29, 0.717) is 23.8 Å². The van der Waals surface area contributed by atoms with Gasteiger partial charge < -0.3 is 19.9 Å². The molecule has 1 amide bonds. The van der Waals surface area contributed by atoms with Crippen LogP contribution in [-0.2, 0) is 0 Å². The van der Waals surface area contributed by atoms with Crippen molar-refractivity contribution in [2.75, 3.05) is 18.5 Å². The van der Waals surface area contributed by atoms with E-state index in [1.54, 1.807) is 12.1 Å². The molecule has 0 bridgehead atoms. The number of carbonyl (C=O) groups excluding carboxylic acids is 1. The Hall–Kier alpha value is -3.06. The Kier molecular flexibility index (Phi) is 3.99. The van der Waals surface area contributed by atoms with Crippen molar-refractivity contribution in [1.82, 2.24) is 4.98 Å². The third-order valence-corrected chi connectivity index (χ3v) is 4.81. The Morgan fingerprint density at radius 2 is 1.96 bits per heavy atom. The molecule has 1 aromatic carbocycles. The van der Waals surface area contributed by atoms with E-state index in [-0.39, 0.29) is 17.5 Å². The topological polar surface area (TPSA) is 80.7 Å². The fraction of sp³-hybridized carbons (Fsp3) is 0.111. The van der Waals surface area contributed by atoms with E-state index < -0.39 is 0 Å². The fourth-order valence-electron chi connectivity index (χ4n) is 2.47. The van der Waals surface area contributed by atoms with Crippen molar-refractivity contribution in [1.29, 1.82) is 0 Å². The summed E-state index contributed by atoms with van der Waals surface area (Å²) < 4.78 is 11.1. The Morgan fingerprint density at radius 3 is 2.80 bits per heavy atom. The van der Waals surface area contributed by atoms with Crippen LogP contribution in [-0.4, -0.2) is 29.2 Å². The average molecular weight is 354 g/mol. The lowest BCUT2D eigenvalue weighted by atomic mass is 10.1. The maximum atomic E-state index is 12.3. The predicted molar refractivity (Wildman–Crippen MR) is 94.6 cm³/mol. The summed E-state index contributed by atoms with van der Waals surface area (Å²) >= 11 is 1.35. The number of hydrogen-bond donors (Lipinski definition) is 2. The lowest BCUT2D eigenvalue weighted by Crippen LogP contribution is -2.15. The van der Waals surface area contributed by atoms with E-state index in [1.165, 1.54) is 23.6 Å². The first-order valence-corrected chi connectivity index (χ1v) is 8.47. The lowest BCUT2D eigenvalue weighted by Gasteiger charge is -2.18. The second-order valence-electron chi connectivity index (χ2n) is 5.35. The van der Waals surface area contributed by atoms with Crippen molar-refractivity contribution in [2.24, 2.45) is 0 Å². The van der Waals surface area contributed by atoms with Crippen LogP contribution >= 0.6 is 11.3 Å². The minimum Gasteiger partial charge on any atom is -0.504 e. The number of rotatable bonds is 3. The van der Waals surface area contributed by atoms with Crippen LogP contribution in [0.5, 0.6) is 17.2 Å². The molecule has 0 saturated carbocycles. The molecule has 1 aliphatic rings. The molecule has 7 heteroatoms. The number of anilines is 1. The van der Waals surface area contributed by atoms with E-state index in [4.69, 9.17) is 9.47 Å². The van der Waals surface area contributed by atoms with Crippen molar-refractivity contribution in [2.45, 2.75) is 0 Å². The van der Waals surface area contributed by atoms with Gasteiger partial charge in [0.2, 0.25) is 0 Å². The van der Waals surface area contributed by atoms with E-state index in [0.717, 1.165) is 16.2 Å². The summed E-state index contributed by atoms with van der Waals surface area (Å²) in [5.41, 5.74) is 0.953. The molecule has 0 saturated heterocycles. The van der Waals surface area contributed by atoms with E-state index in [9.17, 15) is 9.90 Å². The molecule has 2 aromatic heterocycles. The fourth-order valence-corrected chi connectivity index (χ4v) is 3.37. The van der Waals surface area contributed by atoms with Crippen molar-refractivity contribution in [3.05, 3.63) is 53.5 Å². The van der Waals surface area contributed by atoms with Gasteiger partial charge in [0.05, 0.1) is 4.88 Å². The molecule has 126 valence electrons. The number of pyridine rings is 1. The molecular weight excluding hydrogens is 340 g/mol. The van der Waals surface area contributed by atoms with Gasteiger partial charge in [-0.2, -0.15) is 0 Å². The Bertz CT molecular complexity index is 938. The highest BCUT2D eigenvalue weighted by Gasteiger charge is 2.16. The van der Waals surface area contributed by atoms with Gasteiger partial charge in [0, 0.05) is 11.1 Å². The monoisotopic (exact) mass is 354 g/mol. The Labute approximate surface area is 147 Å². The smallest absolute Gasteiger partial charge is 0.267 e. The van der Waals surface area contributed by atoms with Crippen LogP contribution in [0.15, 0.2) is 48.7 Å². The lowest BCUT2D eigenvalue weighted by molar-refractivity contribution is 0.102. The zero-order valence-corrected chi connectivity index (χ0v) is 13.9. The summed E-state index contributed by atoms with van der Waals surface area (Å²) in [5.74, 6) is 1.20. The van der Waals surface area contributed by atoms with Crippen LogP contribution in [0.2, 0.25) is 0 Å². The zero-order chi connectivity index (χ0) is 17.2. The molecule has 0 spiro atoms. The molecular formula is C18H14N2O4S. The molecule has 0 fully saturated rings. The Morgan fingerprint density at radius 1 is 1.12 bits per heavy atom. The molecule has 3 aromatic rings. The van der Waals surface area contributed by atoms with Crippen LogP contribution in [0.4, 0.5) is 5.82 Å². The van der Waals surface area contributed by atoms with Crippen LogP contribution in [0.25, 0.3) is 10.4 Å². The summed E-state index contributed by atoms with van der Waals surface area (Å²) in [5, 5.41) is 12.3. The maximum Gasteiger partial charge on any atom is 0.267 e. The Balaban J connectivity index is 1.56. The summed E-state index contributed by atoms with van der Waals surface area (Å²) in [7, 11) is 0. The van der Waals surface area contributed by atoms with Gasteiger partial charge in [-0.25, -0.2) is 4.98 Å². The standard InChI is InChI=1S/C18H14N2O4S/c21-12-2-1-7-19-17(12)20-18(22)16-6-5-15(25-16)11-3-4-13-14(10-11)24-9-8-23-13/h1-7,10,21H,8-9H2,(H,19,20,22). The van der Waals surface area contributed by atoms with Crippen LogP contribution in [0.1, 0.15) is 9.67 Å². The zero-order valence-electron chi connectivity index (χ0n) is 13.1. The van der Waals surface area contributed by atoms with Gasteiger partial charge in [-0.05, 0) is 48.0 Å². The summed E-state index contributed by atoms with van der Waals surface area (Å²) in [6.45, 7) is 1.08. The van der Waals surface area contributed by atoms with Crippen molar-refractivity contribution in [3.8, 4) is 27.7 Å². The summed E-state index contributed by atoms with van der Waals surface area (Å²) in [6, 6.07) is 12.4. The highest BCUT2D eigenvalue weighted by molar-refractivity contribution is 7.17. The van der Waals surface area contributed by atoms with Crippen molar-refractivity contribution < 1.29 is 19.4 Å². The van der Waals surface area contributed by atoms with Crippen LogP contribution in [0.3, 0.4) is 0 Å². The first-order chi connectivity index (χ1) is 12.2. The van der Waals surface area contributed by atoms with E-state index in [1.807, 2.05) is 24.3 Å². The van der Waals surface area contributed by atoms with Gasteiger partial charge in [0.25, 0.3) is 5.91 Å². The third-order valence-electron chi connectivity index (χ3n) is 3.67. The van der Waals surface area contributed by atoms with Gasteiger partial charge in [-0.3, -0.25) is 4.79 Å². The highest BCUT2D eigenvalue weighted by atomic mass is 32.1. The van der Waals surface area contributed by atoms with Crippen LogP contribution < -0.4 is 14.8 Å². The third kappa shape index (κ3) is 3.14. The highest BCUT2D eigenvalue weighted by Crippen LogP contribution is 2.37. The van der Waals surface area contributed by atoms with Crippen molar-refractivity contribution >= 4 is 23.1 Å². The minimum absolute atomic E-state index is 0.0699. The minimum atomic E-state index is -0.317. The molecule has 0 unspecified atom stereocenters. The summed E-state index contributed by atoms with van der Waals surface area (Å²) in [4.78, 5) is 17.8. The molecule has 1 aliphatic heterocycles. The predicted octanol–water partition coefficient (Wildman–Crippen LogP) is 3.54. The molecule has 3 heterocycles. The van der Waals surface area contributed by atoms with Gasteiger partial charge in [0.15, 0.2) is 23.1 Å². The first kappa shape index (κ1) is 15.5. The number of ether oxygens (including phenoxy) is 2. The van der Waals surface area contributed by atoms with Gasteiger partial charge in [-0.1, -0.05) is 0 Å². The molecule has 2 N–H and O–H groups in total. The largest absolute Gasteiger partial charge is 0.504 e. The number of amides is 1. The number of thiophene rings is 1. The van der Waals surface area contributed by atoms with Crippen molar-refractivity contribution in [3.63, 3.8) is 0 Å². The molecule has 0 radical (unpaired) electrons. The molecule has 25 heavy (non-hydrogen) atoms. The molecule has 6 nitrogen and oxygen atoms in total. The number of aromatic nitrogens is 1. The molecule has 4 rings (SSSR count). The number of aromatic hydroxyl groups is 1. The van der Waals surface area contributed by atoms with Gasteiger partial charge >= 0.3 is 0 Å². The van der Waals surface area contributed by atoms with Gasteiger partial charge in [-0.15, -0.1) is 11.3 Å². The molecule has 0 aliphatic carbocycles. The normalized spacial score (nSPS) is 12.6. The number of carbonyl (C=O) groups is 1. The van der Waals surface area contributed by atoms with E-state index >= 15 is 0 Å². The number of benzene rings is 1. The van der Waals surface area contributed by atoms with E-state index in [2.05, 4.69) is 10.3 Å². The molecule has 0 atom stereocenters. The number of fused-ring (bicyclic) bond motifs is 1. The second-order valence-corrected chi connectivity index (χ2v) is 6.43. The first-order valence-electron chi connectivity index (χ1n) is 7.66. The SMILES string of the molecule is O=C(Nc1ncccc1O)c1ccc(-c2ccc3c(c2)OCCO3)s1. The maximum absolute atomic E-state index is 12.3. The van der Waals surface area contributed by atoms with Crippen LogP contribution in [0, 0.1) is 0 Å². The van der Waals surface area contributed by atoms with Gasteiger partial charge in [0.1, 0.15) is 13.2 Å². The average Bonchev–Trinajstić information content (AvgIpc) is 3.13.